The molecule has 0 saturated carbocycles. The zero-order valence-electron chi connectivity index (χ0n) is 11.3. The maximum absolute atomic E-state index is 10.6. The summed E-state index contributed by atoms with van der Waals surface area (Å²) in [6, 6.07) is 5.61. The van der Waals surface area contributed by atoms with Crippen LogP contribution in [0.1, 0.15) is 23.1 Å². The molecule has 0 radical (unpaired) electrons. The van der Waals surface area contributed by atoms with E-state index in [1.165, 1.54) is 16.7 Å². The second-order valence-electron chi connectivity index (χ2n) is 4.90. The number of rotatable bonds is 6. The molecule has 0 heterocycles. The molecule has 0 aliphatic heterocycles. The molecule has 1 unspecified atom stereocenters. The molecule has 100 valence electrons. The van der Waals surface area contributed by atoms with Crippen LogP contribution in [0.25, 0.3) is 0 Å². The molecule has 1 aromatic rings. The van der Waals surface area contributed by atoms with Crippen molar-refractivity contribution in [2.45, 2.75) is 32.9 Å². The minimum Gasteiger partial charge on any atom is -0.480 e. The third kappa shape index (κ3) is 4.47. The molecule has 1 atom stereocenters. The monoisotopic (exact) mass is 250 g/mol. The van der Waals surface area contributed by atoms with E-state index in [0.717, 1.165) is 6.54 Å². The van der Waals surface area contributed by atoms with Crippen molar-refractivity contribution in [3.63, 3.8) is 0 Å². The summed E-state index contributed by atoms with van der Waals surface area (Å²) in [6.45, 7) is 5.66. The van der Waals surface area contributed by atoms with Gasteiger partial charge in [-0.1, -0.05) is 23.8 Å². The van der Waals surface area contributed by atoms with Gasteiger partial charge < -0.3 is 15.7 Å². The molecule has 4 heteroatoms. The van der Waals surface area contributed by atoms with Gasteiger partial charge in [0.1, 0.15) is 6.04 Å². The molecule has 0 bridgehead atoms. The molecule has 0 fully saturated rings. The fourth-order valence-electron chi connectivity index (χ4n) is 1.82. The van der Waals surface area contributed by atoms with E-state index in [-0.39, 0.29) is 0 Å². The summed E-state index contributed by atoms with van der Waals surface area (Å²) in [7, 11) is 1.98. The minimum absolute atomic E-state index is 0.469. The zero-order chi connectivity index (χ0) is 13.7. The Labute approximate surface area is 108 Å². The van der Waals surface area contributed by atoms with E-state index in [0.29, 0.717) is 13.0 Å². The summed E-state index contributed by atoms with van der Waals surface area (Å²) < 4.78 is 0. The number of aryl methyl sites for hydroxylation is 2. The van der Waals surface area contributed by atoms with E-state index in [1.54, 1.807) is 0 Å². The van der Waals surface area contributed by atoms with Gasteiger partial charge in [-0.3, -0.25) is 4.79 Å². The Bertz CT molecular complexity index is 418. The Hall–Kier alpha value is -1.39. The molecule has 18 heavy (non-hydrogen) atoms. The highest BCUT2D eigenvalue weighted by Gasteiger charge is 2.12. The van der Waals surface area contributed by atoms with Gasteiger partial charge in [-0.2, -0.15) is 0 Å². The zero-order valence-corrected chi connectivity index (χ0v) is 11.3. The number of carboxylic acids is 1. The Morgan fingerprint density at radius 1 is 1.44 bits per heavy atom. The SMILES string of the molecule is Cc1ccc(C)c(CN(C)CCC(N)C(=O)O)c1. The first-order valence-electron chi connectivity index (χ1n) is 6.13. The molecule has 0 aromatic heterocycles. The normalized spacial score (nSPS) is 12.7. The quantitative estimate of drug-likeness (QED) is 0.803. The first kappa shape index (κ1) is 14.7. The van der Waals surface area contributed by atoms with Gasteiger partial charge in [-0.25, -0.2) is 0 Å². The van der Waals surface area contributed by atoms with Crippen molar-refractivity contribution in [1.82, 2.24) is 4.90 Å². The fourth-order valence-corrected chi connectivity index (χ4v) is 1.82. The van der Waals surface area contributed by atoms with Crippen LogP contribution < -0.4 is 5.73 Å². The number of carbonyl (C=O) groups is 1. The molecule has 1 rings (SSSR count). The predicted molar refractivity (Wildman–Crippen MR) is 72.5 cm³/mol. The van der Waals surface area contributed by atoms with Gasteiger partial charge in [0.05, 0.1) is 0 Å². The number of nitrogens with two attached hydrogens (primary N) is 1. The lowest BCUT2D eigenvalue weighted by Crippen LogP contribution is -2.34. The number of carboxylic acid groups (broad SMARTS) is 1. The van der Waals surface area contributed by atoms with Crippen LogP contribution in [-0.4, -0.2) is 35.6 Å². The van der Waals surface area contributed by atoms with Crippen LogP contribution in [-0.2, 0) is 11.3 Å². The molecule has 0 saturated heterocycles. The van der Waals surface area contributed by atoms with Crippen molar-refractivity contribution < 1.29 is 9.90 Å². The second-order valence-corrected chi connectivity index (χ2v) is 4.90. The van der Waals surface area contributed by atoms with Crippen LogP contribution in [0, 0.1) is 13.8 Å². The summed E-state index contributed by atoms with van der Waals surface area (Å²) in [5, 5.41) is 8.72. The van der Waals surface area contributed by atoms with Gasteiger partial charge in [0, 0.05) is 13.1 Å². The lowest BCUT2D eigenvalue weighted by Gasteiger charge is -2.19. The number of aliphatic carboxylic acids is 1. The maximum Gasteiger partial charge on any atom is 0.320 e. The lowest BCUT2D eigenvalue weighted by molar-refractivity contribution is -0.138. The maximum atomic E-state index is 10.6. The summed E-state index contributed by atoms with van der Waals surface area (Å²) in [5.74, 6) is -0.935. The average Bonchev–Trinajstić information content (AvgIpc) is 2.30. The summed E-state index contributed by atoms with van der Waals surface area (Å²) in [4.78, 5) is 12.7. The number of nitrogens with zero attached hydrogens (tertiary/aromatic N) is 1. The molecule has 0 aliphatic carbocycles. The fraction of sp³-hybridized carbons (Fsp3) is 0.500. The smallest absolute Gasteiger partial charge is 0.320 e. The molecular formula is C14H22N2O2. The Balaban J connectivity index is 2.51. The van der Waals surface area contributed by atoms with Gasteiger partial charge in [-0.15, -0.1) is 0 Å². The van der Waals surface area contributed by atoms with Gasteiger partial charge in [-0.05, 0) is 38.4 Å². The van der Waals surface area contributed by atoms with Crippen molar-refractivity contribution >= 4 is 5.97 Å². The topological polar surface area (TPSA) is 66.6 Å². The molecule has 1 aromatic carbocycles. The van der Waals surface area contributed by atoms with Crippen LogP contribution in [0.4, 0.5) is 0 Å². The van der Waals surface area contributed by atoms with E-state index in [9.17, 15) is 4.79 Å². The first-order chi connectivity index (χ1) is 8.40. The first-order valence-corrected chi connectivity index (χ1v) is 6.13. The average molecular weight is 250 g/mol. The number of hydrogen-bond donors (Lipinski definition) is 2. The predicted octanol–water partition coefficient (Wildman–Crippen LogP) is 1.54. The van der Waals surface area contributed by atoms with Crippen LogP contribution in [0.3, 0.4) is 0 Å². The largest absolute Gasteiger partial charge is 0.480 e. The molecule has 0 aliphatic rings. The second kappa shape index (κ2) is 6.52. The van der Waals surface area contributed by atoms with Crippen LogP contribution in [0.15, 0.2) is 18.2 Å². The van der Waals surface area contributed by atoms with Crippen molar-refractivity contribution in [2.75, 3.05) is 13.6 Å². The Morgan fingerprint density at radius 2 is 2.11 bits per heavy atom. The lowest BCUT2D eigenvalue weighted by atomic mass is 10.1. The Kier molecular flexibility index (Phi) is 5.31. The number of benzene rings is 1. The molecule has 0 spiro atoms. The summed E-state index contributed by atoms with van der Waals surface area (Å²) in [5.41, 5.74) is 9.27. The standard InChI is InChI=1S/C14H22N2O2/c1-10-4-5-11(2)12(8-10)9-16(3)7-6-13(15)14(17)18/h4-5,8,13H,6-7,9,15H2,1-3H3,(H,17,18). The van der Waals surface area contributed by atoms with E-state index in [4.69, 9.17) is 10.8 Å². The summed E-state index contributed by atoms with van der Waals surface area (Å²) in [6.07, 6.45) is 0.469. The highest BCUT2D eigenvalue weighted by Crippen LogP contribution is 2.12. The Morgan fingerprint density at radius 3 is 2.72 bits per heavy atom. The van der Waals surface area contributed by atoms with Crippen molar-refractivity contribution in [3.05, 3.63) is 34.9 Å². The minimum atomic E-state index is -0.935. The van der Waals surface area contributed by atoms with E-state index in [1.807, 2.05) is 7.05 Å². The van der Waals surface area contributed by atoms with Crippen molar-refractivity contribution in [3.8, 4) is 0 Å². The van der Waals surface area contributed by atoms with Gasteiger partial charge >= 0.3 is 5.97 Å². The van der Waals surface area contributed by atoms with Gasteiger partial charge in [0.25, 0.3) is 0 Å². The number of hydrogen-bond acceptors (Lipinski definition) is 3. The molecule has 3 N–H and O–H groups in total. The highest BCUT2D eigenvalue weighted by atomic mass is 16.4. The van der Waals surface area contributed by atoms with E-state index in [2.05, 4.69) is 36.9 Å². The summed E-state index contributed by atoms with van der Waals surface area (Å²) >= 11 is 0. The molecule has 4 nitrogen and oxygen atoms in total. The van der Waals surface area contributed by atoms with Gasteiger partial charge in [0.2, 0.25) is 0 Å². The van der Waals surface area contributed by atoms with Crippen LogP contribution >= 0.6 is 0 Å². The van der Waals surface area contributed by atoms with E-state index >= 15 is 0 Å². The third-order valence-electron chi connectivity index (χ3n) is 3.08. The van der Waals surface area contributed by atoms with Gasteiger partial charge in [0.15, 0.2) is 0 Å². The van der Waals surface area contributed by atoms with Crippen molar-refractivity contribution in [2.24, 2.45) is 5.73 Å². The van der Waals surface area contributed by atoms with Crippen LogP contribution in [0.5, 0.6) is 0 Å². The third-order valence-corrected chi connectivity index (χ3v) is 3.08. The van der Waals surface area contributed by atoms with Crippen molar-refractivity contribution in [1.29, 1.82) is 0 Å². The van der Waals surface area contributed by atoms with E-state index < -0.39 is 12.0 Å². The molecule has 0 amide bonds. The molecular weight excluding hydrogens is 228 g/mol. The van der Waals surface area contributed by atoms with Crippen LogP contribution in [0.2, 0.25) is 0 Å². The highest BCUT2D eigenvalue weighted by molar-refractivity contribution is 5.72.